The molecule has 1 aromatic carbocycles. The Morgan fingerprint density at radius 3 is 2.12 bits per heavy atom. The Morgan fingerprint density at radius 2 is 1.58 bits per heavy atom. The van der Waals surface area contributed by atoms with E-state index in [9.17, 15) is 14.4 Å². The van der Waals surface area contributed by atoms with Crippen molar-refractivity contribution in [2.45, 2.75) is 45.6 Å². The second-order valence-electron chi connectivity index (χ2n) is 6.38. The monoisotopic (exact) mass is 335 g/mol. The van der Waals surface area contributed by atoms with Gasteiger partial charge in [0.2, 0.25) is 0 Å². The summed E-state index contributed by atoms with van der Waals surface area (Å²) in [5.74, 6) is -0.425. The van der Waals surface area contributed by atoms with Crippen molar-refractivity contribution in [3.8, 4) is 0 Å². The van der Waals surface area contributed by atoms with E-state index < -0.39 is 17.7 Å². The summed E-state index contributed by atoms with van der Waals surface area (Å²) in [6.45, 7) is 5.87. The average molecular weight is 335 g/mol. The molecule has 0 saturated carbocycles. The summed E-state index contributed by atoms with van der Waals surface area (Å²) in [7, 11) is 1.31. The molecular weight excluding hydrogens is 310 g/mol. The van der Waals surface area contributed by atoms with E-state index in [1.54, 1.807) is 45.0 Å². The Bertz CT molecular complexity index is 572. The van der Waals surface area contributed by atoms with Gasteiger partial charge in [0.1, 0.15) is 5.60 Å². The Hall–Kier alpha value is -2.37. The lowest BCUT2D eigenvalue weighted by molar-refractivity contribution is 0.0525. The van der Waals surface area contributed by atoms with Gasteiger partial charge in [0.15, 0.2) is 5.78 Å². The molecule has 1 N–H and O–H groups in total. The molecular formula is C18H25NO5. The first-order valence-corrected chi connectivity index (χ1v) is 7.91. The second kappa shape index (κ2) is 9.05. The van der Waals surface area contributed by atoms with Gasteiger partial charge in [0.05, 0.1) is 12.7 Å². The van der Waals surface area contributed by atoms with Crippen LogP contribution in [0.3, 0.4) is 0 Å². The van der Waals surface area contributed by atoms with Crippen molar-refractivity contribution >= 4 is 17.8 Å². The number of benzene rings is 1. The fourth-order valence-corrected chi connectivity index (χ4v) is 1.97. The summed E-state index contributed by atoms with van der Waals surface area (Å²) in [5, 5.41) is 2.66. The van der Waals surface area contributed by atoms with Crippen molar-refractivity contribution in [1.82, 2.24) is 5.32 Å². The molecule has 0 bridgehead atoms. The van der Waals surface area contributed by atoms with Crippen LogP contribution in [0.4, 0.5) is 4.79 Å². The van der Waals surface area contributed by atoms with Gasteiger partial charge in [-0.3, -0.25) is 4.79 Å². The summed E-state index contributed by atoms with van der Waals surface area (Å²) < 4.78 is 9.73. The number of hydrogen-bond acceptors (Lipinski definition) is 5. The predicted molar refractivity (Wildman–Crippen MR) is 90.2 cm³/mol. The highest BCUT2D eigenvalue weighted by atomic mass is 16.6. The fraction of sp³-hybridized carbons (Fsp3) is 0.500. The van der Waals surface area contributed by atoms with Gasteiger partial charge in [-0.05, 0) is 45.7 Å². The maximum Gasteiger partial charge on any atom is 0.407 e. The highest BCUT2D eigenvalue weighted by Gasteiger charge is 2.15. The van der Waals surface area contributed by atoms with Gasteiger partial charge in [-0.1, -0.05) is 12.1 Å². The first-order chi connectivity index (χ1) is 11.2. The lowest BCUT2D eigenvalue weighted by Crippen LogP contribution is -2.33. The lowest BCUT2D eigenvalue weighted by Gasteiger charge is -2.19. The minimum atomic E-state index is -0.517. The summed E-state index contributed by atoms with van der Waals surface area (Å²) >= 11 is 0. The molecule has 1 aromatic rings. The van der Waals surface area contributed by atoms with E-state index in [0.717, 1.165) is 0 Å². The molecule has 0 radical (unpaired) electrons. The predicted octanol–water partition coefficient (Wildman–Crippen LogP) is 3.35. The summed E-state index contributed by atoms with van der Waals surface area (Å²) in [6, 6.07) is 6.38. The quantitative estimate of drug-likeness (QED) is 0.469. The number of nitrogens with one attached hydrogen (secondary N) is 1. The number of carbonyl (C=O) groups excluding carboxylic acids is 3. The minimum absolute atomic E-state index is 0.00341. The highest BCUT2D eigenvalue weighted by Crippen LogP contribution is 2.10. The van der Waals surface area contributed by atoms with Crippen LogP contribution in [0.15, 0.2) is 24.3 Å². The molecule has 6 heteroatoms. The zero-order valence-corrected chi connectivity index (χ0v) is 14.7. The van der Waals surface area contributed by atoms with Gasteiger partial charge >= 0.3 is 12.1 Å². The van der Waals surface area contributed by atoms with Crippen LogP contribution >= 0.6 is 0 Å². The van der Waals surface area contributed by atoms with Crippen LogP contribution in [0.1, 0.15) is 60.7 Å². The van der Waals surface area contributed by atoms with E-state index in [1.807, 2.05) is 0 Å². The van der Waals surface area contributed by atoms with E-state index >= 15 is 0 Å². The van der Waals surface area contributed by atoms with Gasteiger partial charge in [0.25, 0.3) is 0 Å². The largest absolute Gasteiger partial charge is 0.465 e. The average Bonchev–Trinajstić information content (AvgIpc) is 2.52. The molecule has 0 fully saturated rings. The number of esters is 1. The number of unbranched alkanes of at least 4 members (excludes halogenated alkanes) is 1. The van der Waals surface area contributed by atoms with Crippen LogP contribution < -0.4 is 5.32 Å². The second-order valence-corrected chi connectivity index (χ2v) is 6.38. The molecule has 0 unspecified atom stereocenters. The van der Waals surface area contributed by atoms with Crippen molar-refractivity contribution in [3.63, 3.8) is 0 Å². The maximum atomic E-state index is 12.1. The molecule has 0 aromatic heterocycles. The molecule has 1 rings (SSSR count). The number of hydrogen-bond donors (Lipinski definition) is 1. The van der Waals surface area contributed by atoms with Crippen LogP contribution in [0.5, 0.6) is 0 Å². The minimum Gasteiger partial charge on any atom is -0.465 e. The molecule has 132 valence electrons. The van der Waals surface area contributed by atoms with Crippen LogP contribution in [0.2, 0.25) is 0 Å². The Balaban J connectivity index is 2.29. The van der Waals surface area contributed by atoms with E-state index in [0.29, 0.717) is 36.9 Å². The van der Waals surface area contributed by atoms with Crippen LogP contribution in [0, 0.1) is 0 Å². The first kappa shape index (κ1) is 19.7. The zero-order valence-electron chi connectivity index (χ0n) is 14.7. The van der Waals surface area contributed by atoms with E-state index in [4.69, 9.17) is 4.74 Å². The topological polar surface area (TPSA) is 81.7 Å². The number of ether oxygens (including phenoxy) is 2. The molecule has 6 nitrogen and oxygen atoms in total. The van der Waals surface area contributed by atoms with Crippen LogP contribution in [-0.4, -0.2) is 37.1 Å². The summed E-state index contributed by atoms with van der Waals surface area (Å²) in [4.78, 5) is 34.8. The smallest absolute Gasteiger partial charge is 0.407 e. The summed E-state index contributed by atoms with van der Waals surface area (Å²) in [6.07, 6.45) is 1.28. The molecule has 0 aliphatic heterocycles. The van der Waals surface area contributed by atoms with Gasteiger partial charge in [-0.25, -0.2) is 9.59 Å². The van der Waals surface area contributed by atoms with Crippen molar-refractivity contribution in [1.29, 1.82) is 0 Å². The third kappa shape index (κ3) is 7.26. The first-order valence-electron chi connectivity index (χ1n) is 7.91. The van der Waals surface area contributed by atoms with Crippen LogP contribution in [0.25, 0.3) is 0 Å². The standard InChI is InChI=1S/C18H25NO5/c1-18(2,3)24-17(22)19-12-6-5-7-15(20)13-8-10-14(11-9-13)16(21)23-4/h8-11H,5-7,12H2,1-4H3,(H,19,22). The number of methoxy groups -OCH3 is 1. The van der Waals surface area contributed by atoms with E-state index in [2.05, 4.69) is 10.1 Å². The van der Waals surface area contributed by atoms with Gasteiger partial charge < -0.3 is 14.8 Å². The number of Topliss-reactive ketones (excluding diaryl/α,β-unsaturated/α-hetero) is 1. The van der Waals surface area contributed by atoms with Crippen molar-refractivity contribution < 1.29 is 23.9 Å². The van der Waals surface area contributed by atoms with Gasteiger partial charge in [-0.2, -0.15) is 0 Å². The Kier molecular flexibility index (Phi) is 7.42. The molecule has 0 heterocycles. The number of rotatable bonds is 7. The normalized spacial score (nSPS) is 10.8. The van der Waals surface area contributed by atoms with Crippen molar-refractivity contribution in [3.05, 3.63) is 35.4 Å². The number of ketones is 1. The Morgan fingerprint density at radius 1 is 1.00 bits per heavy atom. The summed E-state index contributed by atoms with van der Waals surface area (Å²) in [5.41, 5.74) is 0.453. The van der Waals surface area contributed by atoms with Crippen LogP contribution in [-0.2, 0) is 9.47 Å². The highest BCUT2D eigenvalue weighted by molar-refractivity contribution is 5.97. The Labute approximate surface area is 142 Å². The van der Waals surface area contributed by atoms with E-state index in [-0.39, 0.29) is 5.78 Å². The fourth-order valence-electron chi connectivity index (χ4n) is 1.97. The number of amides is 1. The SMILES string of the molecule is COC(=O)c1ccc(C(=O)CCCCNC(=O)OC(C)(C)C)cc1. The molecule has 0 atom stereocenters. The van der Waals surface area contributed by atoms with Gasteiger partial charge in [0, 0.05) is 18.5 Å². The third-order valence-corrected chi connectivity index (χ3v) is 3.13. The maximum absolute atomic E-state index is 12.1. The van der Waals surface area contributed by atoms with Crippen molar-refractivity contribution in [2.75, 3.05) is 13.7 Å². The molecule has 0 spiro atoms. The molecule has 0 aliphatic rings. The molecule has 0 saturated heterocycles. The number of carbonyl (C=O) groups is 3. The molecule has 1 amide bonds. The van der Waals surface area contributed by atoms with Crippen molar-refractivity contribution in [2.24, 2.45) is 0 Å². The van der Waals surface area contributed by atoms with Gasteiger partial charge in [-0.15, -0.1) is 0 Å². The molecule has 24 heavy (non-hydrogen) atoms. The zero-order chi connectivity index (χ0) is 18.2. The van der Waals surface area contributed by atoms with E-state index in [1.165, 1.54) is 7.11 Å². The third-order valence-electron chi connectivity index (χ3n) is 3.13. The lowest BCUT2D eigenvalue weighted by atomic mass is 10.0. The molecule has 0 aliphatic carbocycles. The number of alkyl carbamates (subject to hydrolysis) is 1.